The van der Waals surface area contributed by atoms with Gasteiger partial charge in [0.25, 0.3) is 0 Å². The van der Waals surface area contributed by atoms with Crippen molar-refractivity contribution in [3.05, 3.63) is 36.5 Å². The maximum absolute atomic E-state index is 11.3. The molecule has 0 aliphatic heterocycles. The van der Waals surface area contributed by atoms with E-state index < -0.39 is 11.9 Å². The van der Waals surface area contributed by atoms with E-state index in [-0.39, 0.29) is 19.1 Å². The maximum Gasteiger partial charge on any atom is 0.333 e. The molecule has 0 aromatic carbocycles. The van der Waals surface area contributed by atoms with Crippen LogP contribution in [0.5, 0.6) is 0 Å². The predicted octanol–water partition coefficient (Wildman–Crippen LogP) is 2.81. The molecule has 0 rings (SSSR count). The summed E-state index contributed by atoms with van der Waals surface area (Å²) in [4.78, 5) is 22.6. The lowest BCUT2D eigenvalue weighted by Crippen LogP contribution is -2.21. The molecule has 4 heteroatoms. The third-order valence-corrected chi connectivity index (χ3v) is 2.23. The number of carbonyl (C=O) groups is 2. The quantitative estimate of drug-likeness (QED) is 0.385. The minimum absolute atomic E-state index is 0.107. The number of ether oxygens (including phenoxy) is 2. The Bertz CT molecular complexity index is 363. The van der Waals surface area contributed by atoms with E-state index in [2.05, 4.69) is 19.7 Å². The van der Waals surface area contributed by atoms with Crippen molar-refractivity contribution in [3.8, 4) is 0 Å². The van der Waals surface area contributed by atoms with Gasteiger partial charge < -0.3 is 9.47 Å². The van der Waals surface area contributed by atoms with Gasteiger partial charge in [0.15, 0.2) is 0 Å². The van der Waals surface area contributed by atoms with E-state index in [0.29, 0.717) is 17.6 Å². The zero-order valence-corrected chi connectivity index (χ0v) is 12.0. The fourth-order valence-corrected chi connectivity index (χ4v) is 1.29. The average Bonchev–Trinajstić information content (AvgIpc) is 2.30. The number of carbonyl (C=O) groups excluding carboxylic acids is 2. The van der Waals surface area contributed by atoms with Crippen LogP contribution in [-0.2, 0) is 19.1 Å². The first-order valence-electron chi connectivity index (χ1n) is 6.03. The molecule has 106 valence electrons. The highest BCUT2D eigenvalue weighted by atomic mass is 16.5. The van der Waals surface area contributed by atoms with Gasteiger partial charge in [-0.1, -0.05) is 18.7 Å². The molecule has 0 atom stereocenters. The van der Waals surface area contributed by atoms with Gasteiger partial charge in [-0.25, -0.2) is 9.59 Å². The second-order valence-corrected chi connectivity index (χ2v) is 4.78. The minimum Gasteiger partial charge on any atom is -0.462 e. The molecule has 0 saturated heterocycles. The van der Waals surface area contributed by atoms with Crippen molar-refractivity contribution in [2.75, 3.05) is 13.2 Å². The molecule has 4 nitrogen and oxygen atoms in total. The Morgan fingerprint density at radius 1 is 0.895 bits per heavy atom. The SMILES string of the molecule is C=C(C)CC(COC(=O)C(=C)C)COC(=O)C(=C)C. The third kappa shape index (κ3) is 7.97. The van der Waals surface area contributed by atoms with Gasteiger partial charge in [-0.15, -0.1) is 6.58 Å². The average molecular weight is 266 g/mol. The van der Waals surface area contributed by atoms with Crippen molar-refractivity contribution >= 4 is 11.9 Å². The molecule has 0 spiro atoms. The van der Waals surface area contributed by atoms with Gasteiger partial charge in [-0.05, 0) is 27.2 Å². The van der Waals surface area contributed by atoms with Crippen LogP contribution in [0.2, 0.25) is 0 Å². The van der Waals surface area contributed by atoms with Gasteiger partial charge >= 0.3 is 11.9 Å². The molecular formula is C15H22O4. The summed E-state index contributed by atoms with van der Waals surface area (Å²) in [6.07, 6.45) is 0.618. The van der Waals surface area contributed by atoms with Crippen LogP contribution in [0.15, 0.2) is 36.5 Å². The van der Waals surface area contributed by atoms with E-state index in [1.165, 1.54) is 0 Å². The fourth-order valence-electron chi connectivity index (χ4n) is 1.29. The number of hydrogen-bond donors (Lipinski definition) is 0. The van der Waals surface area contributed by atoms with Crippen LogP contribution in [0.4, 0.5) is 0 Å². The smallest absolute Gasteiger partial charge is 0.333 e. The molecular weight excluding hydrogens is 244 g/mol. The lowest BCUT2D eigenvalue weighted by Gasteiger charge is -2.17. The Balaban J connectivity index is 4.34. The van der Waals surface area contributed by atoms with Crippen molar-refractivity contribution in [3.63, 3.8) is 0 Å². The highest BCUT2D eigenvalue weighted by molar-refractivity contribution is 5.87. The summed E-state index contributed by atoms with van der Waals surface area (Å²) in [5.41, 5.74) is 1.61. The molecule has 0 aromatic heterocycles. The van der Waals surface area contributed by atoms with Gasteiger partial charge in [0, 0.05) is 17.1 Å². The second kappa shape index (κ2) is 8.29. The van der Waals surface area contributed by atoms with Crippen molar-refractivity contribution in [1.29, 1.82) is 0 Å². The van der Waals surface area contributed by atoms with Gasteiger partial charge in [-0.2, -0.15) is 0 Å². The van der Waals surface area contributed by atoms with E-state index in [0.717, 1.165) is 5.57 Å². The minimum atomic E-state index is -0.446. The van der Waals surface area contributed by atoms with Crippen LogP contribution in [0.3, 0.4) is 0 Å². The molecule has 0 aliphatic rings. The first kappa shape index (κ1) is 17.2. The Hall–Kier alpha value is -1.84. The zero-order valence-electron chi connectivity index (χ0n) is 12.0. The van der Waals surface area contributed by atoms with E-state index in [4.69, 9.17) is 9.47 Å². The first-order valence-corrected chi connectivity index (χ1v) is 6.03. The van der Waals surface area contributed by atoms with Gasteiger partial charge in [0.1, 0.15) is 0 Å². The van der Waals surface area contributed by atoms with Crippen LogP contribution >= 0.6 is 0 Å². The number of rotatable bonds is 8. The largest absolute Gasteiger partial charge is 0.462 e. The summed E-state index contributed by atoms with van der Waals surface area (Å²) in [6, 6.07) is 0. The molecule has 0 unspecified atom stereocenters. The normalized spacial score (nSPS) is 9.89. The van der Waals surface area contributed by atoms with Crippen LogP contribution < -0.4 is 0 Å². The third-order valence-electron chi connectivity index (χ3n) is 2.23. The van der Waals surface area contributed by atoms with E-state index in [9.17, 15) is 9.59 Å². The molecule has 0 radical (unpaired) electrons. The topological polar surface area (TPSA) is 52.6 Å². The predicted molar refractivity (Wildman–Crippen MR) is 74.5 cm³/mol. The van der Waals surface area contributed by atoms with Crippen molar-refractivity contribution in [2.45, 2.75) is 27.2 Å². The summed E-state index contributed by atoms with van der Waals surface area (Å²) in [5.74, 6) is -1.00. The molecule has 0 amide bonds. The Labute approximate surface area is 114 Å². The summed E-state index contributed by atoms with van der Waals surface area (Å²) in [5, 5.41) is 0. The lowest BCUT2D eigenvalue weighted by molar-refractivity contribution is -0.144. The molecule has 0 bridgehead atoms. The Morgan fingerprint density at radius 2 is 1.26 bits per heavy atom. The van der Waals surface area contributed by atoms with Crippen molar-refractivity contribution in [1.82, 2.24) is 0 Å². The Morgan fingerprint density at radius 3 is 1.53 bits per heavy atom. The van der Waals surface area contributed by atoms with E-state index in [1.54, 1.807) is 13.8 Å². The summed E-state index contributed by atoms with van der Waals surface area (Å²) < 4.78 is 10.1. The summed E-state index contributed by atoms with van der Waals surface area (Å²) in [7, 11) is 0. The van der Waals surface area contributed by atoms with Crippen molar-refractivity contribution in [2.24, 2.45) is 5.92 Å². The highest BCUT2D eigenvalue weighted by Crippen LogP contribution is 2.12. The van der Waals surface area contributed by atoms with Crippen LogP contribution in [0.25, 0.3) is 0 Å². The Kier molecular flexibility index (Phi) is 7.49. The molecule has 0 saturated carbocycles. The molecule has 0 aliphatic carbocycles. The zero-order chi connectivity index (χ0) is 15.0. The first-order chi connectivity index (χ1) is 8.73. The number of allylic oxidation sites excluding steroid dienone is 1. The molecule has 19 heavy (non-hydrogen) atoms. The monoisotopic (exact) mass is 266 g/mol. The van der Waals surface area contributed by atoms with Gasteiger partial charge in [-0.3, -0.25) is 0 Å². The molecule has 0 heterocycles. The highest BCUT2D eigenvalue weighted by Gasteiger charge is 2.15. The standard InChI is InChI=1S/C15H22O4/c1-10(2)7-13(8-18-14(16)11(3)4)9-19-15(17)12(5)6/h13H,1,3,5,7-9H2,2,4,6H3. The van der Waals surface area contributed by atoms with Crippen LogP contribution in [0, 0.1) is 5.92 Å². The van der Waals surface area contributed by atoms with E-state index in [1.807, 2.05) is 6.92 Å². The van der Waals surface area contributed by atoms with Crippen molar-refractivity contribution < 1.29 is 19.1 Å². The molecule has 0 aromatic rings. The molecule has 0 N–H and O–H groups in total. The fraction of sp³-hybridized carbons (Fsp3) is 0.467. The number of hydrogen-bond acceptors (Lipinski definition) is 4. The maximum atomic E-state index is 11.3. The lowest BCUT2D eigenvalue weighted by atomic mass is 10.0. The molecule has 0 fully saturated rings. The van der Waals surface area contributed by atoms with Gasteiger partial charge in [0.05, 0.1) is 13.2 Å². The van der Waals surface area contributed by atoms with Crippen LogP contribution in [0.1, 0.15) is 27.2 Å². The second-order valence-electron chi connectivity index (χ2n) is 4.78. The van der Waals surface area contributed by atoms with E-state index >= 15 is 0 Å². The van der Waals surface area contributed by atoms with Crippen LogP contribution in [-0.4, -0.2) is 25.2 Å². The summed E-state index contributed by atoms with van der Waals surface area (Å²) in [6.45, 7) is 16.2. The van der Waals surface area contributed by atoms with Gasteiger partial charge in [0.2, 0.25) is 0 Å². The summed E-state index contributed by atoms with van der Waals surface area (Å²) >= 11 is 0. The number of esters is 2.